The summed E-state index contributed by atoms with van der Waals surface area (Å²) in [5.74, 6) is -1.90. The van der Waals surface area contributed by atoms with Gasteiger partial charge in [-0.1, -0.05) is 6.07 Å². The van der Waals surface area contributed by atoms with Crippen molar-refractivity contribution < 1.29 is 23.5 Å². The Morgan fingerprint density at radius 2 is 1.94 bits per heavy atom. The van der Waals surface area contributed by atoms with Crippen LogP contribution in [0, 0.1) is 0 Å². The lowest BCUT2D eigenvalue weighted by molar-refractivity contribution is 0.0697. The van der Waals surface area contributed by atoms with Crippen LogP contribution in [0.5, 0.6) is 0 Å². The van der Waals surface area contributed by atoms with E-state index in [0.717, 1.165) is 6.07 Å². The van der Waals surface area contributed by atoms with Crippen molar-refractivity contribution in [3.05, 3.63) is 35.4 Å². The maximum absolute atomic E-state index is 11.8. The maximum Gasteiger partial charge on any atom is 0.335 e. The summed E-state index contributed by atoms with van der Waals surface area (Å²) in [6.45, 7) is -0.754. The van der Waals surface area contributed by atoms with Crippen molar-refractivity contribution in [3.8, 4) is 0 Å². The van der Waals surface area contributed by atoms with E-state index < -0.39 is 24.8 Å². The average Bonchev–Trinajstić information content (AvgIpc) is 2.26. The molecular formula is C10H9F2NO3. The van der Waals surface area contributed by atoms with Crippen LogP contribution in [0.25, 0.3) is 0 Å². The van der Waals surface area contributed by atoms with Gasteiger partial charge in [0.25, 0.3) is 12.3 Å². The zero-order valence-electron chi connectivity index (χ0n) is 8.11. The molecule has 0 aromatic heterocycles. The number of carbonyl (C=O) groups is 2. The summed E-state index contributed by atoms with van der Waals surface area (Å²) in [4.78, 5) is 21.9. The largest absolute Gasteiger partial charge is 0.478 e. The first-order valence-corrected chi connectivity index (χ1v) is 4.40. The number of carboxylic acids is 1. The molecule has 0 bridgehead atoms. The number of hydrogen-bond donors (Lipinski definition) is 2. The highest BCUT2D eigenvalue weighted by atomic mass is 19.3. The molecule has 1 aromatic rings. The van der Waals surface area contributed by atoms with Crippen LogP contribution in [0.1, 0.15) is 20.7 Å². The molecule has 1 rings (SSSR count). The standard InChI is InChI=1S/C10H9F2NO3/c11-8(12)5-13-9(14)6-2-1-3-7(4-6)10(15)16/h1-4,8H,5H2,(H,13,14)(H,15,16). The van der Waals surface area contributed by atoms with Gasteiger partial charge in [-0.3, -0.25) is 4.79 Å². The Kier molecular flexibility index (Phi) is 3.93. The van der Waals surface area contributed by atoms with Crippen molar-refractivity contribution in [2.24, 2.45) is 0 Å². The number of rotatable bonds is 4. The van der Waals surface area contributed by atoms with Crippen LogP contribution in [0.15, 0.2) is 24.3 Å². The van der Waals surface area contributed by atoms with Crippen LogP contribution in [0.3, 0.4) is 0 Å². The molecule has 1 aromatic carbocycles. The van der Waals surface area contributed by atoms with Gasteiger partial charge in [0.1, 0.15) is 0 Å². The summed E-state index contributed by atoms with van der Waals surface area (Å²) in [6.07, 6.45) is -2.63. The minimum atomic E-state index is -2.63. The Bertz CT molecular complexity index is 407. The van der Waals surface area contributed by atoms with E-state index in [1.165, 1.54) is 18.2 Å². The van der Waals surface area contributed by atoms with Crippen LogP contribution in [0.4, 0.5) is 8.78 Å². The Morgan fingerprint density at radius 3 is 2.50 bits per heavy atom. The quantitative estimate of drug-likeness (QED) is 0.819. The molecule has 0 aliphatic rings. The highest BCUT2D eigenvalue weighted by molar-refractivity contribution is 5.97. The zero-order chi connectivity index (χ0) is 12.1. The number of aromatic carboxylic acids is 1. The number of carboxylic acid groups (broad SMARTS) is 1. The zero-order valence-corrected chi connectivity index (χ0v) is 8.11. The van der Waals surface area contributed by atoms with E-state index in [4.69, 9.17) is 5.11 Å². The third-order valence-electron chi connectivity index (χ3n) is 1.79. The van der Waals surface area contributed by atoms with Crippen molar-refractivity contribution in [3.63, 3.8) is 0 Å². The molecule has 6 heteroatoms. The van der Waals surface area contributed by atoms with Gasteiger partial charge in [0.2, 0.25) is 0 Å². The van der Waals surface area contributed by atoms with Gasteiger partial charge >= 0.3 is 5.97 Å². The van der Waals surface area contributed by atoms with E-state index >= 15 is 0 Å². The first-order chi connectivity index (χ1) is 7.50. The van der Waals surface area contributed by atoms with Gasteiger partial charge in [-0.2, -0.15) is 0 Å². The fourth-order valence-corrected chi connectivity index (χ4v) is 1.07. The van der Waals surface area contributed by atoms with Gasteiger partial charge in [0, 0.05) is 5.56 Å². The topological polar surface area (TPSA) is 66.4 Å². The fraction of sp³-hybridized carbons (Fsp3) is 0.200. The van der Waals surface area contributed by atoms with Crippen LogP contribution < -0.4 is 5.32 Å². The second-order valence-corrected chi connectivity index (χ2v) is 2.99. The molecule has 0 heterocycles. The summed E-state index contributed by atoms with van der Waals surface area (Å²) >= 11 is 0. The second kappa shape index (κ2) is 5.20. The average molecular weight is 229 g/mol. The third-order valence-corrected chi connectivity index (χ3v) is 1.79. The van der Waals surface area contributed by atoms with Crippen LogP contribution in [-0.4, -0.2) is 30.0 Å². The van der Waals surface area contributed by atoms with Crippen molar-refractivity contribution in [2.45, 2.75) is 6.43 Å². The van der Waals surface area contributed by atoms with Crippen molar-refractivity contribution in [1.82, 2.24) is 5.32 Å². The van der Waals surface area contributed by atoms with Crippen molar-refractivity contribution >= 4 is 11.9 Å². The molecule has 0 aliphatic carbocycles. The number of carbonyl (C=O) groups excluding carboxylic acids is 1. The molecule has 0 saturated heterocycles. The highest BCUT2D eigenvalue weighted by Gasteiger charge is 2.10. The minimum absolute atomic E-state index is 0.0422. The summed E-state index contributed by atoms with van der Waals surface area (Å²) in [7, 11) is 0. The second-order valence-electron chi connectivity index (χ2n) is 2.99. The molecule has 0 unspecified atom stereocenters. The number of benzene rings is 1. The lowest BCUT2D eigenvalue weighted by atomic mass is 10.1. The molecule has 1 amide bonds. The van der Waals surface area contributed by atoms with Gasteiger partial charge in [0.15, 0.2) is 0 Å². The Morgan fingerprint density at radius 1 is 1.31 bits per heavy atom. The minimum Gasteiger partial charge on any atom is -0.478 e. The summed E-state index contributed by atoms with van der Waals surface area (Å²) in [5, 5.41) is 10.6. The number of amides is 1. The Hall–Kier alpha value is -1.98. The molecule has 16 heavy (non-hydrogen) atoms. The molecule has 4 nitrogen and oxygen atoms in total. The molecule has 0 saturated carbocycles. The summed E-state index contributed by atoms with van der Waals surface area (Å²) < 4.78 is 23.6. The predicted molar refractivity (Wildman–Crippen MR) is 51.7 cm³/mol. The van der Waals surface area contributed by atoms with E-state index in [1.54, 1.807) is 0 Å². The Balaban J connectivity index is 2.76. The van der Waals surface area contributed by atoms with E-state index in [2.05, 4.69) is 0 Å². The predicted octanol–water partition coefficient (Wildman–Crippen LogP) is 1.38. The van der Waals surface area contributed by atoms with Crippen molar-refractivity contribution in [2.75, 3.05) is 6.54 Å². The van der Waals surface area contributed by atoms with Gasteiger partial charge < -0.3 is 10.4 Å². The monoisotopic (exact) mass is 229 g/mol. The normalized spacial score (nSPS) is 10.2. The SMILES string of the molecule is O=C(O)c1cccc(C(=O)NCC(F)F)c1. The molecule has 0 spiro atoms. The Labute approximate surface area is 89.9 Å². The molecule has 0 radical (unpaired) electrons. The van der Waals surface area contributed by atoms with E-state index in [9.17, 15) is 18.4 Å². The van der Waals surface area contributed by atoms with Gasteiger partial charge in [-0.05, 0) is 18.2 Å². The molecule has 0 atom stereocenters. The van der Waals surface area contributed by atoms with Gasteiger partial charge in [-0.25, -0.2) is 13.6 Å². The lowest BCUT2D eigenvalue weighted by Crippen LogP contribution is -2.28. The number of halogens is 2. The third kappa shape index (κ3) is 3.30. The van der Waals surface area contributed by atoms with Gasteiger partial charge in [0.05, 0.1) is 12.1 Å². The smallest absolute Gasteiger partial charge is 0.335 e. The highest BCUT2D eigenvalue weighted by Crippen LogP contribution is 2.05. The number of hydrogen-bond acceptors (Lipinski definition) is 2. The summed E-state index contributed by atoms with van der Waals surface area (Å²) in [5.41, 5.74) is -0.0229. The van der Waals surface area contributed by atoms with Crippen LogP contribution in [-0.2, 0) is 0 Å². The molecule has 0 fully saturated rings. The molecule has 2 N–H and O–H groups in total. The lowest BCUT2D eigenvalue weighted by Gasteiger charge is -2.04. The van der Waals surface area contributed by atoms with Crippen LogP contribution >= 0.6 is 0 Å². The van der Waals surface area contributed by atoms with E-state index in [-0.39, 0.29) is 11.1 Å². The maximum atomic E-state index is 11.8. The molecular weight excluding hydrogens is 220 g/mol. The molecule has 0 aliphatic heterocycles. The van der Waals surface area contributed by atoms with Crippen molar-refractivity contribution in [1.29, 1.82) is 0 Å². The number of nitrogens with one attached hydrogen (secondary N) is 1. The van der Waals surface area contributed by atoms with Gasteiger partial charge in [-0.15, -0.1) is 0 Å². The first-order valence-electron chi connectivity index (χ1n) is 4.40. The van der Waals surface area contributed by atoms with E-state index in [1.807, 2.05) is 5.32 Å². The molecule has 86 valence electrons. The van der Waals surface area contributed by atoms with Crippen LogP contribution in [0.2, 0.25) is 0 Å². The summed E-state index contributed by atoms with van der Waals surface area (Å²) in [6, 6.07) is 5.17. The first kappa shape index (κ1) is 12.1. The number of alkyl halides is 2. The fourth-order valence-electron chi connectivity index (χ4n) is 1.07. The van der Waals surface area contributed by atoms with E-state index in [0.29, 0.717) is 0 Å².